The third-order valence-electron chi connectivity index (χ3n) is 6.72. The first-order valence-corrected chi connectivity index (χ1v) is 13.2. The van der Waals surface area contributed by atoms with Crippen LogP contribution in [0.1, 0.15) is 30.2 Å². The van der Waals surface area contributed by atoms with Gasteiger partial charge in [-0.15, -0.1) is 10.2 Å². The fraction of sp³-hybridized carbons (Fsp3) is 0.385. The molecule has 0 radical (unpaired) electrons. The molecule has 1 atom stereocenters. The molecule has 16 heteroatoms. The van der Waals surface area contributed by atoms with Gasteiger partial charge in [0.1, 0.15) is 12.9 Å². The van der Waals surface area contributed by atoms with Gasteiger partial charge in [0.2, 0.25) is 0 Å². The molecule has 4 heterocycles. The molecule has 5 rings (SSSR count). The number of carbonyl (C=O) groups excluding carboxylic acids is 1. The Hall–Kier alpha value is -4.08. The molecule has 1 fully saturated rings. The van der Waals surface area contributed by atoms with E-state index in [0.29, 0.717) is 36.0 Å². The van der Waals surface area contributed by atoms with Crippen LogP contribution in [0.2, 0.25) is 5.02 Å². The molecular formula is C26H26ClF3N8O4. The topological polar surface area (TPSA) is 133 Å². The second kappa shape index (κ2) is 11.3. The molecular weight excluding hydrogens is 581 g/mol. The van der Waals surface area contributed by atoms with Crippen molar-refractivity contribution in [1.82, 2.24) is 39.0 Å². The summed E-state index contributed by atoms with van der Waals surface area (Å²) in [5.41, 5.74) is -0.675. The van der Waals surface area contributed by atoms with Crippen LogP contribution in [0, 0.1) is 0 Å². The number of aliphatic hydroxyl groups is 1. The molecule has 12 nitrogen and oxygen atoms in total. The first-order chi connectivity index (χ1) is 19.8. The van der Waals surface area contributed by atoms with Gasteiger partial charge in [0.25, 0.3) is 5.91 Å². The number of carbonyl (C=O) groups is 1. The van der Waals surface area contributed by atoms with E-state index in [1.54, 1.807) is 17.0 Å². The minimum Gasteiger partial charge on any atom is -0.382 e. The van der Waals surface area contributed by atoms with E-state index in [-0.39, 0.29) is 29.8 Å². The summed E-state index contributed by atoms with van der Waals surface area (Å²) < 4.78 is 47.9. The standard InChI is InChI=1S/C26H26ClF3N8O4/c1-25(2)14-42-11-10-36(25)23(40)21-18(4-3-9-31-21)38-15-32-20(33-38)13-37-24(41)35(12-19(39)26(28,29)30)22(34-37)16-5-7-17(27)8-6-16/h3-9,15,19,39H,10-14H2,1-2H3/t19-/m1/s1. The molecule has 222 valence electrons. The van der Waals surface area contributed by atoms with E-state index in [1.165, 1.54) is 41.5 Å². The van der Waals surface area contributed by atoms with Crippen LogP contribution >= 0.6 is 11.6 Å². The number of ether oxygens (including phenoxy) is 1. The molecule has 1 amide bonds. The van der Waals surface area contributed by atoms with Gasteiger partial charge in [-0.2, -0.15) is 13.2 Å². The lowest BCUT2D eigenvalue weighted by atomic mass is 10.0. The predicted molar refractivity (Wildman–Crippen MR) is 143 cm³/mol. The van der Waals surface area contributed by atoms with Crippen molar-refractivity contribution in [3.05, 3.63) is 75.9 Å². The second-order valence-electron chi connectivity index (χ2n) is 10.2. The first kappa shape index (κ1) is 29.4. The van der Waals surface area contributed by atoms with Gasteiger partial charge < -0.3 is 14.7 Å². The molecule has 1 saturated heterocycles. The molecule has 1 aliphatic heterocycles. The number of amides is 1. The van der Waals surface area contributed by atoms with Crippen LogP contribution in [0.25, 0.3) is 17.1 Å². The maximum absolute atomic E-state index is 13.5. The van der Waals surface area contributed by atoms with E-state index in [4.69, 9.17) is 16.3 Å². The summed E-state index contributed by atoms with van der Waals surface area (Å²) in [5.74, 6) is -0.330. The van der Waals surface area contributed by atoms with Crippen LogP contribution in [0.15, 0.2) is 53.7 Å². The van der Waals surface area contributed by atoms with Crippen LogP contribution in [-0.4, -0.2) is 87.6 Å². The van der Waals surface area contributed by atoms with Crippen molar-refractivity contribution in [3.8, 4) is 17.1 Å². The van der Waals surface area contributed by atoms with Crippen molar-refractivity contribution in [2.45, 2.75) is 44.8 Å². The number of alkyl halides is 3. The fourth-order valence-electron chi connectivity index (χ4n) is 4.53. The Labute approximate surface area is 241 Å². The van der Waals surface area contributed by atoms with Crippen molar-refractivity contribution in [2.24, 2.45) is 0 Å². The predicted octanol–water partition coefficient (Wildman–Crippen LogP) is 2.56. The second-order valence-corrected chi connectivity index (χ2v) is 10.7. The molecule has 3 aromatic heterocycles. The summed E-state index contributed by atoms with van der Waals surface area (Å²) in [6.07, 6.45) is -4.92. The lowest BCUT2D eigenvalue weighted by Gasteiger charge is -2.42. The van der Waals surface area contributed by atoms with Gasteiger partial charge in [-0.05, 0) is 50.2 Å². The zero-order valence-corrected chi connectivity index (χ0v) is 23.2. The molecule has 4 aromatic rings. The summed E-state index contributed by atoms with van der Waals surface area (Å²) in [7, 11) is 0. The SMILES string of the molecule is CC1(C)COCCN1C(=O)c1ncccc1-n1cnc(Cn2nc(-c3ccc(Cl)cc3)n(C[C@@H](O)C(F)(F)F)c2=O)n1. The number of halogens is 4. The maximum atomic E-state index is 13.5. The van der Waals surface area contributed by atoms with E-state index in [2.05, 4.69) is 20.2 Å². The van der Waals surface area contributed by atoms with Crippen LogP contribution in [-0.2, 0) is 17.8 Å². The number of hydrogen-bond donors (Lipinski definition) is 1. The van der Waals surface area contributed by atoms with Gasteiger partial charge in [-0.25, -0.2) is 24.1 Å². The summed E-state index contributed by atoms with van der Waals surface area (Å²) >= 11 is 5.93. The van der Waals surface area contributed by atoms with Crippen molar-refractivity contribution in [2.75, 3.05) is 19.8 Å². The zero-order chi connectivity index (χ0) is 30.2. The summed E-state index contributed by atoms with van der Waals surface area (Å²) in [6.45, 7) is 3.56. The van der Waals surface area contributed by atoms with Crippen LogP contribution < -0.4 is 5.69 Å². The Kier molecular flexibility index (Phi) is 7.92. The van der Waals surface area contributed by atoms with Crippen molar-refractivity contribution in [1.29, 1.82) is 0 Å². The fourth-order valence-corrected chi connectivity index (χ4v) is 4.65. The Morgan fingerprint density at radius 2 is 1.90 bits per heavy atom. The Morgan fingerprint density at radius 1 is 1.17 bits per heavy atom. The largest absolute Gasteiger partial charge is 0.416 e. The zero-order valence-electron chi connectivity index (χ0n) is 22.5. The normalized spacial score (nSPS) is 16.0. The minimum atomic E-state index is -4.95. The van der Waals surface area contributed by atoms with Crippen molar-refractivity contribution in [3.63, 3.8) is 0 Å². The van der Waals surface area contributed by atoms with E-state index in [0.717, 1.165) is 9.25 Å². The van der Waals surface area contributed by atoms with Crippen molar-refractivity contribution < 1.29 is 27.8 Å². The molecule has 1 aliphatic rings. The Morgan fingerprint density at radius 3 is 2.60 bits per heavy atom. The molecule has 1 aromatic carbocycles. The summed E-state index contributed by atoms with van der Waals surface area (Å²) in [4.78, 5) is 36.9. The quantitative estimate of drug-likeness (QED) is 0.339. The van der Waals surface area contributed by atoms with Gasteiger partial charge >= 0.3 is 11.9 Å². The van der Waals surface area contributed by atoms with Crippen LogP contribution in [0.3, 0.4) is 0 Å². The number of nitrogens with zero attached hydrogens (tertiary/aromatic N) is 8. The van der Waals surface area contributed by atoms with Gasteiger partial charge in [0, 0.05) is 23.3 Å². The molecule has 0 aliphatic carbocycles. The Bertz CT molecular complexity index is 1650. The highest BCUT2D eigenvalue weighted by molar-refractivity contribution is 6.30. The van der Waals surface area contributed by atoms with Gasteiger partial charge in [0.15, 0.2) is 23.4 Å². The lowest BCUT2D eigenvalue weighted by Crippen LogP contribution is -2.55. The molecule has 0 saturated carbocycles. The molecule has 0 unspecified atom stereocenters. The third kappa shape index (κ3) is 5.93. The summed E-state index contributed by atoms with van der Waals surface area (Å²) in [6, 6.07) is 9.26. The van der Waals surface area contributed by atoms with E-state index in [9.17, 15) is 27.9 Å². The van der Waals surface area contributed by atoms with Crippen LogP contribution in [0.5, 0.6) is 0 Å². The first-order valence-electron chi connectivity index (χ1n) is 12.8. The highest BCUT2D eigenvalue weighted by Crippen LogP contribution is 2.25. The molecule has 1 N–H and O–H groups in total. The average Bonchev–Trinajstić information content (AvgIpc) is 3.53. The van der Waals surface area contributed by atoms with Gasteiger partial charge in [-0.1, -0.05) is 11.6 Å². The number of aromatic nitrogens is 7. The van der Waals surface area contributed by atoms with Gasteiger partial charge in [-0.3, -0.25) is 9.36 Å². The van der Waals surface area contributed by atoms with E-state index < -0.39 is 30.1 Å². The Balaban J connectivity index is 1.46. The number of rotatable bonds is 7. The number of benzene rings is 1. The van der Waals surface area contributed by atoms with Crippen molar-refractivity contribution >= 4 is 17.5 Å². The molecule has 0 spiro atoms. The van der Waals surface area contributed by atoms with Gasteiger partial charge in [0.05, 0.1) is 31.0 Å². The monoisotopic (exact) mass is 606 g/mol. The van der Waals surface area contributed by atoms with E-state index >= 15 is 0 Å². The number of morpholine rings is 1. The molecule has 42 heavy (non-hydrogen) atoms. The maximum Gasteiger partial charge on any atom is 0.416 e. The highest BCUT2D eigenvalue weighted by Gasteiger charge is 2.39. The minimum absolute atomic E-state index is 0.0923. The average molecular weight is 607 g/mol. The molecule has 0 bridgehead atoms. The number of aliphatic hydroxyl groups excluding tert-OH is 1. The smallest absolute Gasteiger partial charge is 0.382 e. The third-order valence-corrected chi connectivity index (χ3v) is 6.97. The summed E-state index contributed by atoms with van der Waals surface area (Å²) in [5, 5.41) is 18.7. The number of hydrogen-bond acceptors (Lipinski definition) is 8. The van der Waals surface area contributed by atoms with E-state index in [1.807, 2.05) is 13.8 Å². The number of pyridine rings is 1. The lowest BCUT2D eigenvalue weighted by molar-refractivity contribution is -0.207. The van der Waals surface area contributed by atoms with Crippen LogP contribution in [0.4, 0.5) is 13.2 Å². The highest BCUT2D eigenvalue weighted by atomic mass is 35.5.